The molecule has 0 aromatic heterocycles. The van der Waals surface area contributed by atoms with E-state index in [9.17, 15) is 23.3 Å². The van der Waals surface area contributed by atoms with Crippen LogP contribution in [0.25, 0.3) is 0 Å². The number of hydrogen-bond acceptors (Lipinski definition) is 5. The molecule has 0 bridgehead atoms. The molecule has 0 aliphatic rings. The highest BCUT2D eigenvalue weighted by atomic mass is 32.2. The number of sulfone groups is 1. The first-order valence-electron chi connectivity index (χ1n) is 5.24. The molecule has 98 valence electrons. The molecule has 0 atom stereocenters. The standard InChI is InChI=1S/C11H13NO5S/c1-8(2)10(13)7-18(16,17)11-6-4-3-5-9(11)12(14)15/h3-6,8H,7H2,1-2H3. The van der Waals surface area contributed by atoms with Crippen LogP contribution in [0.1, 0.15) is 13.8 Å². The first kappa shape index (κ1) is 14.3. The lowest BCUT2D eigenvalue weighted by Gasteiger charge is -2.06. The highest BCUT2D eigenvalue weighted by molar-refractivity contribution is 7.92. The van der Waals surface area contributed by atoms with E-state index in [2.05, 4.69) is 0 Å². The summed E-state index contributed by atoms with van der Waals surface area (Å²) in [7, 11) is -3.97. The smallest absolute Gasteiger partial charge is 0.287 e. The van der Waals surface area contributed by atoms with Crippen molar-refractivity contribution >= 4 is 21.3 Å². The highest BCUT2D eigenvalue weighted by Crippen LogP contribution is 2.24. The summed E-state index contributed by atoms with van der Waals surface area (Å²) in [4.78, 5) is 21.0. The summed E-state index contributed by atoms with van der Waals surface area (Å²) in [6.45, 7) is 3.16. The molecular formula is C11H13NO5S. The summed E-state index contributed by atoms with van der Waals surface area (Å²) in [6.07, 6.45) is 0. The molecule has 0 fully saturated rings. The lowest BCUT2D eigenvalue weighted by Crippen LogP contribution is -2.21. The molecule has 1 aromatic rings. The number of nitro benzene ring substituents is 1. The molecule has 0 N–H and O–H groups in total. The number of rotatable bonds is 5. The van der Waals surface area contributed by atoms with Crippen molar-refractivity contribution in [2.75, 3.05) is 5.75 Å². The van der Waals surface area contributed by atoms with E-state index in [0.29, 0.717) is 0 Å². The molecule has 18 heavy (non-hydrogen) atoms. The van der Waals surface area contributed by atoms with Crippen LogP contribution >= 0.6 is 0 Å². The average Bonchev–Trinajstić information content (AvgIpc) is 2.28. The van der Waals surface area contributed by atoms with Crippen molar-refractivity contribution in [1.82, 2.24) is 0 Å². The number of para-hydroxylation sites is 1. The van der Waals surface area contributed by atoms with Gasteiger partial charge in [0.15, 0.2) is 15.6 Å². The van der Waals surface area contributed by atoms with E-state index in [0.717, 1.165) is 12.1 Å². The van der Waals surface area contributed by atoms with E-state index >= 15 is 0 Å². The van der Waals surface area contributed by atoms with Gasteiger partial charge in [-0.3, -0.25) is 14.9 Å². The first-order chi connectivity index (χ1) is 8.25. The highest BCUT2D eigenvalue weighted by Gasteiger charge is 2.28. The van der Waals surface area contributed by atoms with Gasteiger partial charge in [-0.05, 0) is 6.07 Å². The molecule has 0 unspecified atom stereocenters. The Morgan fingerprint density at radius 1 is 1.33 bits per heavy atom. The summed E-state index contributed by atoms with van der Waals surface area (Å²) in [6, 6.07) is 5.01. The number of carbonyl (C=O) groups is 1. The minimum Gasteiger partial charge on any atom is -0.298 e. The molecule has 1 aromatic carbocycles. The number of Topliss-reactive ketones (excluding diaryl/α,β-unsaturated/α-hetero) is 1. The van der Waals surface area contributed by atoms with E-state index in [-0.39, 0.29) is 0 Å². The van der Waals surface area contributed by atoms with Crippen LogP contribution in [0.3, 0.4) is 0 Å². The second-order valence-electron chi connectivity index (χ2n) is 4.10. The minimum atomic E-state index is -3.97. The maximum Gasteiger partial charge on any atom is 0.287 e. The fourth-order valence-corrected chi connectivity index (χ4v) is 2.91. The molecule has 0 aliphatic heterocycles. The average molecular weight is 271 g/mol. The predicted molar refractivity (Wildman–Crippen MR) is 65.0 cm³/mol. The number of benzene rings is 1. The number of ketones is 1. The Morgan fingerprint density at radius 3 is 2.39 bits per heavy atom. The fourth-order valence-electron chi connectivity index (χ4n) is 1.30. The van der Waals surface area contributed by atoms with Crippen LogP contribution < -0.4 is 0 Å². The molecule has 7 heteroatoms. The van der Waals surface area contributed by atoms with Gasteiger partial charge in [-0.25, -0.2) is 8.42 Å². The van der Waals surface area contributed by atoms with E-state index in [1.807, 2.05) is 0 Å². The quantitative estimate of drug-likeness (QED) is 0.598. The number of nitro groups is 1. The fraction of sp³-hybridized carbons (Fsp3) is 0.364. The number of hydrogen-bond donors (Lipinski definition) is 0. The number of nitrogens with zero attached hydrogens (tertiary/aromatic N) is 1. The lowest BCUT2D eigenvalue weighted by molar-refractivity contribution is -0.387. The molecule has 1 rings (SSSR count). The second kappa shape index (κ2) is 5.26. The summed E-state index contributed by atoms with van der Waals surface area (Å²) < 4.78 is 23.9. The summed E-state index contributed by atoms with van der Waals surface area (Å²) >= 11 is 0. The van der Waals surface area contributed by atoms with Gasteiger partial charge in [-0.1, -0.05) is 26.0 Å². The van der Waals surface area contributed by atoms with Gasteiger partial charge in [0.2, 0.25) is 0 Å². The van der Waals surface area contributed by atoms with Crippen LogP contribution in [-0.2, 0) is 14.6 Å². The van der Waals surface area contributed by atoms with Gasteiger partial charge in [-0.15, -0.1) is 0 Å². The van der Waals surface area contributed by atoms with Gasteiger partial charge < -0.3 is 0 Å². The van der Waals surface area contributed by atoms with E-state index in [4.69, 9.17) is 0 Å². The third-order valence-corrected chi connectivity index (χ3v) is 4.05. The van der Waals surface area contributed by atoms with Crippen molar-refractivity contribution in [1.29, 1.82) is 0 Å². The summed E-state index contributed by atoms with van der Waals surface area (Å²) in [5.41, 5.74) is -0.506. The maximum atomic E-state index is 11.9. The van der Waals surface area contributed by atoms with Gasteiger partial charge >= 0.3 is 0 Å². The molecular weight excluding hydrogens is 258 g/mol. The lowest BCUT2D eigenvalue weighted by atomic mass is 10.1. The maximum absolute atomic E-state index is 11.9. The van der Waals surface area contributed by atoms with Crippen LogP contribution in [0, 0.1) is 16.0 Å². The summed E-state index contributed by atoms with van der Waals surface area (Å²) in [5, 5.41) is 10.7. The van der Waals surface area contributed by atoms with E-state index < -0.39 is 42.8 Å². The summed E-state index contributed by atoms with van der Waals surface area (Å²) in [5.74, 6) is -1.61. The predicted octanol–water partition coefficient (Wildman–Crippen LogP) is 1.59. The van der Waals surface area contributed by atoms with Gasteiger partial charge in [0, 0.05) is 12.0 Å². The zero-order valence-electron chi connectivity index (χ0n) is 9.99. The van der Waals surface area contributed by atoms with Crippen LogP contribution in [0.4, 0.5) is 5.69 Å². The Balaban J connectivity index is 3.21. The Kier molecular flexibility index (Phi) is 4.18. The molecule has 0 aliphatic carbocycles. The van der Waals surface area contributed by atoms with Crippen molar-refractivity contribution in [3.05, 3.63) is 34.4 Å². The van der Waals surface area contributed by atoms with Crippen molar-refractivity contribution in [3.63, 3.8) is 0 Å². The van der Waals surface area contributed by atoms with Gasteiger partial charge in [-0.2, -0.15) is 0 Å². The zero-order chi connectivity index (χ0) is 13.9. The molecule has 6 nitrogen and oxygen atoms in total. The molecule has 0 heterocycles. The van der Waals surface area contributed by atoms with Crippen LogP contribution in [0.2, 0.25) is 0 Å². The zero-order valence-corrected chi connectivity index (χ0v) is 10.8. The number of carbonyl (C=O) groups excluding carboxylic acids is 1. The van der Waals surface area contributed by atoms with E-state index in [1.54, 1.807) is 13.8 Å². The second-order valence-corrected chi connectivity index (χ2v) is 6.06. The normalized spacial score (nSPS) is 11.5. The van der Waals surface area contributed by atoms with Crippen LogP contribution in [0.5, 0.6) is 0 Å². The Bertz CT molecular complexity index is 577. The monoisotopic (exact) mass is 271 g/mol. The Labute approximate surface area is 105 Å². The topological polar surface area (TPSA) is 94.3 Å². The van der Waals surface area contributed by atoms with Crippen molar-refractivity contribution in [2.24, 2.45) is 5.92 Å². The minimum absolute atomic E-state index is 0.413. The van der Waals surface area contributed by atoms with Gasteiger partial charge in [0.1, 0.15) is 10.6 Å². The van der Waals surface area contributed by atoms with Crippen molar-refractivity contribution in [2.45, 2.75) is 18.7 Å². The van der Waals surface area contributed by atoms with Gasteiger partial charge in [0.25, 0.3) is 5.69 Å². The third-order valence-electron chi connectivity index (χ3n) is 2.37. The molecule has 0 spiro atoms. The molecule has 0 amide bonds. The van der Waals surface area contributed by atoms with Crippen LogP contribution in [0.15, 0.2) is 29.2 Å². The Morgan fingerprint density at radius 2 is 1.89 bits per heavy atom. The van der Waals surface area contributed by atoms with Gasteiger partial charge in [0.05, 0.1) is 4.92 Å². The van der Waals surface area contributed by atoms with Crippen LogP contribution in [-0.4, -0.2) is 24.9 Å². The molecule has 0 radical (unpaired) electrons. The third kappa shape index (κ3) is 3.13. The van der Waals surface area contributed by atoms with Crippen molar-refractivity contribution < 1.29 is 18.1 Å². The largest absolute Gasteiger partial charge is 0.298 e. The molecule has 0 saturated heterocycles. The van der Waals surface area contributed by atoms with E-state index in [1.165, 1.54) is 12.1 Å². The van der Waals surface area contributed by atoms with Crippen molar-refractivity contribution in [3.8, 4) is 0 Å². The first-order valence-corrected chi connectivity index (χ1v) is 6.90. The molecule has 0 saturated carbocycles. The SMILES string of the molecule is CC(C)C(=O)CS(=O)(=O)c1ccccc1[N+](=O)[O-]. The Hall–Kier alpha value is -1.76.